The van der Waals surface area contributed by atoms with Crippen molar-refractivity contribution in [3.05, 3.63) is 22.6 Å². The van der Waals surface area contributed by atoms with Gasteiger partial charge in [0, 0.05) is 6.42 Å². The van der Waals surface area contributed by atoms with Gasteiger partial charge in [0.15, 0.2) is 5.78 Å². The molecule has 0 amide bonds. The minimum atomic E-state index is -3.71. The fraction of sp³-hybridized carbons (Fsp3) is 0.667. The van der Waals surface area contributed by atoms with Crippen LogP contribution in [0.3, 0.4) is 0 Å². The van der Waals surface area contributed by atoms with Gasteiger partial charge < -0.3 is 0 Å². The summed E-state index contributed by atoms with van der Waals surface area (Å²) in [6.07, 6.45) is 9.40. The summed E-state index contributed by atoms with van der Waals surface area (Å²) in [6.45, 7) is 4.00. The number of allylic oxidation sites excluding steroid dienone is 3. The van der Waals surface area contributed by atoms with Gasteiger partial charge in [-0.25, -0.2) is 0 Å². The number of carbonyl (C=O) groups is 1. The molecule has 0 bridgehead atoms. The van der Waals surface area contributed by atoms with E-state index in [1.54, 1.807) is 6.92 Å². The van der Waals surface area contributed by atoms with Crippen LogP contribution in [0.4, 0.5) is 0 Å². The molecule has 1 aliphatic rings. The van der Waals surface area contributed by atoms with Crippen LogP contribution in [0.25, 0.3) is 0 Å². The molecule has 0 atom stereocenters. The van der Waals surface area contributed by atoms with Crippen LogP contribution in [-0.2, 0) is 19.1 Å². The highest BCUT2D eigenvalue weighted by Crippen LogP contribution is 2.23. The summed E-state index contributed by atoms with van der Waals surface area (Å²) >= 11 is 0. The first-order valence-corrected chi connectivity index (χ1v) is 8.69. The highest BCUT2D eigenvalue weighted by atomic mass is 32.2. The summed E-state index contributed by atoms with van der Waals surface area (Å²) in [5.41, 5.74) is 0.462. The lowest BCUT2D eigenvalue weighted by Gasteiger charge is -2.12. The van der Waals surface area contributed by atoms with Crippen LogP contribution >= 0.6 is 0 Å². The van der Waals surface area contributed by atoms with E-state index in [1.165, 1.54) is 31.4 Å². The summed E-state index contributed by atoms with van der Waals surface area (Å²) in [5, 5.41) is 0. The maximum atomic E-state index is 12.0. The number of carbonyl (C=O) groups excluding carboxylic acids is 1. The zero-order valence-corrected chi connectivity index (χ0v) is 13.2. The Morgan fingerprint density at radius 2 is 1.80 bits per heavy atom. The van der Waals surface area contributed by atoms with Crippen LogP contribution in [-0.4, -0.2) is 20.8 Å². The Labute approximate surface area is 122 Å². The van der Waals surface area contributed by atoms with Crippen LogP contribution in [0, 0.1) is 0 Å². The van der Waals surface area contributed by atoms with E-state index < -0.39 is 10.1 Å². The monoisotopic (exact) mass is 300 g/mol. The van der Waals surface area contributed by atoms with Crippen molar-refractivity contribution in [2.24, 2.45) is 0 Å². The average molecular weight is 300 g/mol. The zero-order valence-electron chi connectivity index (χ0n) is 12.4. The lowest BCUT2D eigenvalue weighted by atomic mass is 10.1. The van der Waals surface area contributed by atoms with Crippen molar-refractivity contribution in [2.45, 2.75) is 58.8 Å². The van der Waals surface area contributed by atoms with Gasteiger partial charge in [0.05, 0.1) is 11.5 Å². The molecule has 1 rings (SSSR count). The average Bonchev–Trinajstić information content (AvgIpc) is 2.37. The first kappa shape index (κ1) is 17.1. The molecule has 114 valence electrons. The molecular weight excluding hydrogens is 276 g/mol. The molecular formula is C15H24O4S. The van der Waals surface area contributed by atoms with Gasteiger partial charge in [0.1, 0.15) is 0 Å². The third kappa shape index (κ3) is 5.59. The summed E-state index contributed by atoms with van der Waals surface area (Å²) in [7, 11) is -3.71. The Hall–Kier alpha value is -0.940. The molecule has 0 heterocycles. The second-order valence-electron chi connectivity index (χ2n) is 5.11. The Bertz CT molecular complexity index is 486. The molecule has 4 nitrogen and oxygen atoms in total. The number of hydrogen-bond acceptors (Lipinski definition) is 4. The molecule has 0 unspecified atom stereocenters. The third-order valence-corrected chi connectivity index (χ3v) is 4.76. The summed E-state index contributed by atoms with van der Waals surface area (Å²) in [4.78, 5) is 11.3. The summed E-state index contributed by atoms with van der Waals surface area (Å²) in [6, 6.07) is 0. The lowest BCUT2D eigenvalue weighted by molar-refractivity contribution is -0.113. The molecule has 20 heavy (non-hydrogen) atoms. The van der Waals surface area contributed by atoms with E-state index in [4.69, 9.17) is 4.18 Å². The molecule has 1 aliphatic carbocycles. The smallest absolute Gasteiger partial charge is 0.294 e. The maximum Gasteiger partial charge on any atom is 0.296 e. The van der Waals surface area contributed by atoms with Gasteiger partial charge in [0.2, 0.25) is 0 Å². The maximum absolute atomic E-state index is 12.0. The molecule has 0 N–H and O–H groups in total. The Kier molecular flexibility index (Phi) is 7.16. The van der Waals surface area contributed by atoms with Crippen molar-refractivity contribution >= 4 is 15.9 Å². The van der Waals surface area contributed by atoms with Crippen molar-refractivity contribution in [1.82, 2.24) is 0 Å². The molecule has 0 aliphatic heterocycles. The normalized spacial score (nSPS) is 16.0. The van der Waals surface area contributed by atoms with Crippen molar-refractivity contribution in [2.75, 3.05) is 6.61 Å². The molecule has 0 aromatic carbocycles. The second-order valence-corrected chi connectivity index (χ2v) is 6.69. The predicted molar refractivity (Wildman–Crippen MR) is 79.7 cm³/mol. The van der Waals surface area contributed by atoms with Crippen LogP contribution in [0.1, 0.15) is 58.8 Å². The summed E-state index contributed by atoms with van der Waals surface area (Å²) in [5.74, 6) is -0.0719. The number of hydrogen-bond donors (Lipinski definition) is 0. The Morgan fingerprint density at radius 1 is 1.15 bits per heavy atom. The van der Waals surface area contributed by atoms with Crippen molar-refractivity contribution < 1.29 is 17.4 Å². The van der Waals surface area contributed by atoms with Crippen molar-refractivity contribution in [1.29, 1.82) is 0 Å². The number of ketones is 1. The van der Waals surface area contributed by atoms with Crippen LogP contribution in [0.2, 0.25) is 0 Å². The van der Waals surface area contributed by atoms with Crippen molar-refractivity contribution in [3.63, 3.8) is 0 Å². The van der Waals surface area contributed by atoms with E-state index in [0.29, 0.717) is 5.57 Å². The highest BCUT2D eigenvalue weighted by Gasteiger charge is 2.23. The van der Waals surface area contributed by atoms with E-state index in [2.05, 4.69) is 6.92 Å². The highest BCUT2D eigenvalue weighted by molar-refractivity contribution is 7.91. The minimum absolute atomic E-state index is 0.0719. The molecule has 0 saturated carbocycles. The van der Waals surface area contributed by atoms with Crippen LogP contribution < -0.4 is 0 Å². The lowest BCUT2D eigenvalue weighted by Crippen LogP contribution is -2.14. The van der Waals surface area contributed by atoms with Crippen LogP contribution in [0.5, 0.6) is 0 Å². The fourth-order valence-electron chi connectivity index (χ4n) is 2.14. The Morgan fingerprint density at radius 3 is 2.45 bits per heavy atom. The van der Waals surface area contributed by atoms with Gasteiger partial charge in [-0.1, -0.05) is 45.1 Å². The number of unbranched alkanes of at least 4 members (excludes halogenated alkanes) is 5. The van der Waals surface area contributed by atoms with Gasteiger partial charge >= 0.3 is 0 Å². The topological polar surface area (TPSA) is 60.4 Å². The predicted octanol–water partition coefficient (Wildman–Crippen LogP) is 3.50. The standard InChI is InChI=1S/C15H24O4S/c1-3-4-5-6-7-8-11-19-20(17,18)15-10-9-14(16)12-13(15)2/h10,12H,3-9,11H2,1-2H3. The van der Waals surface area contributed by atoms with E-state index in [-0.39, 0.29) is 23.7 Å². The van der Waals surface area contributed by atoms with E-state index in [9.17, 15) is 13.2 Å². The third-order valence-electron chi connectivity index (χ3n) is 3.26. The largest absolute Gasteiger partial charge is 0.296 e. The molecule has 0 aromatic rings. The van der Waals surface area contributed by atoms with Gasteiger partial charge in [-0.05, 0) is 25.0 Å². The van der Waals surface area contributed by atoms with Gasteiger partial charge in [-0.15, -0.1) is 0 Å². The fourth-order valence-corrected chi connectivity index (χ4v) is 3.34. The van der Waals surface area contributed by atoms with E-state index in [1.807, 2.05) is 0 Å². The van der Waals surface area contributed by atoms with Gasteiger partial charge in [-0.3, -0.25) is 8.98 Å². The summed E-state index contributed by atoms with van der Waals surface area (Å²) < 4.78 is 29.0. The molecule has 0 radical (unpaired) electrons. The van der Waals surface area contributed by atoms with Crippen molar-refractivity contribution in [3.8, 4) is 0 Å². The number of rotatable bonds is 9. The molecule has 0 fully saturated rings. The zero-order chi connectivity index (χ0) is 15.0. The van der Waals surface area contributed by atoms with E-state index in [0.717, 1.165) is 19.3 Å². The molecule has 0 aromatic heterocycles. The molecule has 5 heteroatoms. The van der Waals surface area contributed by atoms with E-state index >= 15 is 0 Å². The SMILES string of the molecule is CCCCCCCCOS(=O)(=O)C1=CCC(=O)C=C1C. The first-order chi connectivity index (χ1) is 9.47. The minimum Gasteiger partial charge on any atom is -0.294 e. The van der Waals surface area contributed by atoms with Gasteiger partial charge in [0.25, 0.3) is 10.1 Å². The Balaban J connectivity index is 2.36. The van der Waals surface area contributed by atoms with Gasteiger partial charge in [-0.2, -0.15) is 8.42 Å². The van der Waals surface area contributed by atoms with Crippen LogP contribution in [0.15, 0.2) is 22.6 Å². The molecule has 0 saturated heterocycles. The quantitative estimate of drug-likeness (QED) is 0.483. The molecule has 0 spiro atoms. The first-order valence-electron chi connectivity index (χ1n) is 7.28. The second kappa shape index (κ2) is 8.37.